The number of carbonyl (C=O) groups is 1. The summed E-state index contributed by atoms with van der Waals surface area (Å²) in [5, 5.41) is 2.88. The molecule has 0 amide bonds. The summed E-state index contributed by atoms with van der Waals surface area (Å²) in [7, 11) is 1.63. The van der Waals surface area contributed by atoms with Crippen LogP contribution in [0.3, 0.4) is 0 Å². The van der Waals surface area contributed by atoms with Gasteiger partial charge in [0.05, 0.1) is 12.9 Å². The fourth-order valence-electron chi connectivity index (χ4n) is 0.907. The number of rotatable bonds is 3. The summed E-state index contributed by atoms with van der Waals surface area (Å²) in [6.07, 6.45) is 0. The van der Waals surface area contributed by atoms with Gasteiger partial charge in [-0.1, -0.05) is 17.7 Å². The molecule has 0 spiro atoms. The molecule has 0 aliphatic heterocycles. The van der Waals surface area contributed by atoms with Crippen molar-refractivity contribution in [3.05, 3.63) is 29.8 Å². The van der Waals surface area contributed by atoms with Gasteiger partial charge in [0, 0.05) is 5.56 Å². The van der Waals surface area contributed by atoms with Crippen LogP contribution in [0.2, 0.25) is 0 Å². The average Bonchev–Trinajstić information content (AvgIpc) is 2.25. The van der Waals surface area contributed by atoms with Crippen LogP contribution in [0.4, 0.5) is 0 Å². The Bertz CT molecular complexity index is 384. The minimum atomic E-state index is 0.143. The van der Waals surface area contributed by atoms with Crippen LogP contribution in [-0.4, -0.2) is 18.6 Å². The highest BCUT2D eigenvalue weighted by Gasteiger charge is 1.91. The third kappa shape index (κ3) is 4.57. The first kappa shape index (κ1) is 11.7. The van der Waals surface area contributed by atoms with Crippen molar-refractivity contribution in [1.82, 2.24) is 0 Å². The standard InChI is InChI=1S/C12H12O2S/c1-10(13)9-15-8-7-11-3-5-12(14-2)6-4-11/h3-6H,9H2,1-2H3. The van der Waals surface area contributed by atoms with Crippen molar-refractivity contribution in [2.75, 3.05) is 12.9 Å². The molecule has 78 valence electrons. The van der Waals surface area contributed by atoms with Crippen molar-refractivity contribution in [3.63, 3.8) is 0 Å². The van der Waals surface area contributed by atoms with E-state index in [0.717, 1.165) is 11.3 Å². The lowest BCUT2D eigenvalue weighted by Crippen LogP contribution is -1.90. The maximum atomic E-state index is 10.6. The van der Waals surface area contributed by atoms with E-state index in [1.165, 1.54) is 11.8 Å². The zero-order valence-electron chi connectivity index (χ0n) is 8.74. The molecule has 0 N–H and O–H groups in total. The minimum absolute atomic E-state index is 0.143. The molecule has 0 aliphatic rings. The zero-order chi connectivity index (χ0) is 11.1. The normalized spacial score (nSPS) is 8.93. The van der Waals surface area contributed by atoms with Crippen LogP contribution < -0.4 is 4.74 Å². The molecular weight excluding hydrogens is 208 g/mol. The fourth-order valence-corrected chi connectivity index (χ4v) is 1.37. The van der Waals surface area contributed by atoms with Gasteiger partial charge in [0.25, 0.3) is 0 Å². The van der Waals surface area contributed by atoms with E-state index in [0.29, 0.717) is 5.75 Å². The van der Waals surface area contributed by atoms with E-state index in [2.05, 4.69) is 11.2 Å². The van der Waals surface area contributed by atoms with E-state index in [1.54, 1.807) is 14.0 Å². The van der Waals surface area contributed by atoms with Crippen molar-refractivity contribution in [3.8, 4) is 16.9 Å². The number of ether oxygens (including phenoxy) is 1. The molecule has 0 aromatic heterocycles. The molecule has 3 heteroatoms. The summed E-state index contributed by atoms with van der Waals surface area (Å²) in [4.78, 5) is 10.6. The van der Waals surface area contributed by atoms with E-state index in [-0.39, 0.29) is 5.78 Å². The number of hydrogen-bond acceptors (Lipinski definition) is 3. The van der Waals surface area contributed by atoms with Gasteiger partial charge < -0.3 is 4.74 Å². The molecule has 0 aliphatic carbocycles. The molecule has 0 saturated heterocycles. The number of hydrogen-bond donors (Lipinski definition) is 0. The Hall–Kier alpha value is -1.40. The molecular formula is C12H12O2S. The molecule has 1 aromatic rings. The first-order valence-corrected chi connectivity index (χ1v) is 5.47. The van der Waals surface area contributed by atoms with Crippen LogP contribution in [0.25, 0.3) is 0 Å². The number of carbonyl (C=O) groups excluding carboxylic acids is 1. The SMILES string of the molecule is COc1ccc(C#CSCC(C)=O)cc1. The van der Waals surface area contributed by atoms with E-state index in [9.17, 15) is 4.79 Å². The first-order chi connectivity index (χ1) is 7.22. The van der Waals surface area contributed by atoms with Gasteiger partial charge in [-0.2, -0.15) is 0 Å². The number of thioether (sulfide) groups is 1. The summed E-state index contributed by atoms with van der Waals surface area (Å²) in [6, 6.07) is 7.50. The van der Waals surface area contributed by atoms with Gasteiger partial charge in [-0.25, -0.2) is 0 Å². The number of methoxy groups -OCH3 is 1. The molecule has 15 heavy (non-hydrogen) atoms. The predicted molar refractivity (Wildman–Crippen MR) is 63.0 cm³/mol. The molecule has 0 unspecified atom stereocenters. The molecule has 0 fully saturated rings. The van der Waals surface area contributed by atoms with E-state index in [1.807, 2.05) is 24.3 Å². The first-order valence-electron chi connectivity index (χ1n) is 4.48. The monoisotopic (exact) mass is 220 g/mol. The lowest BCUT2D eigenvalue weighted by Gasteiger charge is -1.97. The second kappa shape index (κ2) is 6.15. The number of benzene rings is 1. The molecule has 2 nitrogen and oxygen atoms in total. The summed E-state index contributed by atoms with van der Waals surface area (Å²) in [5.74, 6) is 4.36. The maximum absolute atomic E-state index is 10.6. The summed E-state index contributed by atoms with van der Waals surface area (Å²) in [6.45, 7) is 1.56. The highest BCUT2D eigenvalue weighted by atomic mass is 32.2. The van der Waals surface area contributed by atoms with Gasteiger partial charge in [-0.3, -0.25) is 4.79 Å². The topological polar surface area (TPSA) is 26.3 Å². The van der Waals surface area contributed by atoms with E-state index in [4.69, 9.17) is 4.74 Å². The summed E-state index contributed by atoms with van der Waals surface area (Å²) >= 11 is 1.32. The fraction of sp³-hybridized carbons (Fsp3) is 0.250. The third-order valence-electron chi connectivity index (χ3n) is 1.63. The lowest BCUT2D eigenvalue weighted by atomic mass is 10.2. The van der Waals surface area contributed by atoms with Gasteiger partial charge in [-0.15, -0.1) is 0 Å². The van der Waals surface area contributed by atoms with E-state index >= 15 is 0 Å². The third-order valence-corrected chi connectivity index (χ3v) is 2.43. The van der Waals surface area contributed by atoms with Crippen molar-refractivity contribution < 1.29 is 9.53 Å². The zero-order valence-corrected chi connectivity index (χ0v) is 9.56. The maximum Gasteiger partial charge on any atom is 0.140 e. The highest BCUT2D eigenvalue weighted by Crippen LogP contribution is 2.10. The number of Topliss-reactive ketones (excluding diaryl/α,β-unsaturated/α-hetero) is 1. The molecule has 0 bridgehead atoms. The Morgan fingerprint density at radius 2 is 2.07 bits per heavy atom. The van der Waals surface area contributed by atoms with Gasteiger partial charge in [0.15, 0.2) is 0 Å². The summed E-state index contributed by atoms with van der Waals surface area (Å²) < 4.78 is 5.03. The van der Waals surface area contributed by atoms with Crippen LogP contribution in [0.15, 0.2) is 24.3 Å². The quantitative estimate of drug-likeness (QED) is 0.731. The van der Waals surface area contributed by atoms with Gasteiger partial charge >= 0.3 is 0 Å². The Morgan fingerprint density at radius 1 is 1.40 bits per heavy atom. The molecule has 1 aromatic carbocycles. The van der Waals surface area contributed by atoms with Crippen molar-refractivity contribution in [2.45, 2.75) is 6.92 Å². The van der Waals surface area contributed by atoms with Gasteiger partial charge in [-0.05, 0) is 36.4 Å². The average molecular weight is 220 g/mol. The molecule has 1 rings (SSSR count). The number of ketones is 1. The van der Waals surface area contributed by atoms with Crippen LogP contribution in [0, 0.1) is 11.2 Å². The predicted octanol–water partition coefficient (Wildman–Crippen LogP) is 2.33. The Labute approximate surface area is 94.0 Å². The van der Waals surface area contributed by atoms with Crippen LogP contribution >= 0.6 is 11.8 Å². The van der Waals surface area contributed by atoms with Gasteiger partial charge in [0.2, 0.25) is 0 Å². The van der Waals surface area contributed by atoms with Crippen LogP contribution in [-0.2, 0) is 4.79 Å². The minimum Gasteiger partial charge on any atom is -0.497 e. The van der Waals surface area contributed by atoms with Crippen molar-refractivity contribution >= 4 is 17.5 Å². The Morgan fingerprint density at radius 3 is 2.60 bits per heavy atom. The molecule has 0 radical (unpaired) electrons. The van der Waals surface area contributed by atoms with Crippen molar-refractivity contribution in [1.29, 1.82) is 0 Å². The second-order valence-corrected chi connectivity index (χ2v) is 3.73. The Balaban J connectivity index is 2.52. The van der Waals surface area contributed by atoms with E-state index < -0.39 is 0 Å². The van der Waals surface area contributed by atoms with Gasteiger partial charge in [0.1, 0.15) is 11.5 Å². The van der Waals surface area contributed by atoms with Crippen molar-refractivity contribution in [2.24, 2.45) is 0 Å². The summed E-state index contributed by atoms with van der Waals surface area (Å²) in [5.41, 5.74) is 0.923. The largest absolute Gasteiger partial charge is 0.497 e. The molecule has 0 saturated carbocycles. The Kier molecular flexibility index (Phi) is 4.79. The second-order valence-electron chi connectivity index (χ2n) is 2.95. The highest BCUT2D eigenvalue weighted by molar-refractivity contribution is 8.04. The van der Waals surface area contributed by atoms with Crippen LogP contribution in [0.5, 0.6) is 5.75 Å². The molecule has 0 atom stereocenters. The molecule has 0 heterocycles. The lowest BCUT2D eigenvalue weighted by molar-refractivity contribution is -0.114. The van der Waals surface area contributed by atoms with Crippen LogP contribution in [0.1, 0.15) is 12.5 Å². The smallest absolute Gasteiger partial charge is 0.140 e.